The van der Waals surface area contributed by atoms with Crippen LogP contribution in [0.2, 0.25) is 5.02 Å². The molecule has 1 amide bonds. The van der Waals surface area contributed by atoms with Gasteiger partial charge in [-0.3, -0.25) is 4.79 Å². The number of amides is 1. The summed E-state index contributed by atoms with van der Waals surface area (Å²) in [7, 11) is 0. The van der Waals surface area contributed by atoms with Crippen LogP contribution in [-0.2, 0) is 6.54 Å². The largest absolute Gasteiger partial charge is 0.347 e. The van der Waals surface area contributed by atoms with Crippen LogP contribution in [0.25, 0.3) is 10.6 Å². The van der Waals surface area contributed by atoms with Crippen molar-refractivity contribution >= 4 is 28.8 Å². The van der Waals surface area contributed by atoms with E-state index >= 15 is 0 Å². The Balaban J connectivity index is 1.75. The molecule has 0 saturated heterocycles. The van der Waals surface area contributed by atoms with Crippen LogP contribution < -0.4 is 5.32 Å². The van der Waals surface area contributed by atoms with Crippen LogP contribution in [0.3, 0.4) is 0 Å². The zero-order valence-corrected chi connectivity index (χ0v) is 15.0. The SMILES string of the molecule is Cc1cccc(C(=O)NCc2sc(-c3ccccc3Cl)nc2C)c1. The van der Waals surface area contributed by atoms with Crippen molar-refractivity contribution < 1.29 is 4.79 Å². The number of aromatic nitrogens is 1. The molecule has 3 aromatic rings. The van der Waals surface area contributed by atoms with Gasteiger partial charge in [-0.05, 0) is 32.0 Å². The molecule has 0 fully saturated rings. The molecule has 0 saturated carbocycles. The number of nitrogens with one attached hydrogen (secondary N) is 1. The average Bonchev–Trinajstić information content (AvgIpc) is 2.93. The summed E-state index contributed by atoms with van der Waals surface area (Å²) in [6, 6.07) is 15.2. The van der Waals surface area contributed by atoms with Crippen molar-refractivity contribution in [1.29, 1.82) is 0 Å². The second-order valence-corrected chi connectivity index (χ2v) is 7.05. The minimum Gasteiger partial charge on any atom is -0.347 e. The molecule has 0 spiro atoms. The van der Waals surface area contributed by atoms with E-state index in [0.717, 1.165) is 26.7 Å². The maximum Gasteiger partial charge on any atom is 0.251 e. The molecule has 24 heavy (non-hydrogen) atoms. The fourth-order valence-corrected chi connectivity index (χ4v) is 3.71. The predicted octanol–water partition coefficient (Wildman–Crippen LogP) is 5.01. The number of hydrogen-bond donors (Lipinski definition) is 1. The highest BCUT2D eigenvalue weighted by atomic mass is 35.5. The van der Waals surface area contributed by atoms with Gasteiger partial charge in [0.15, 0.2) is 0 Å². The van der Waals surface area contributed by atoms with Gasteiger partial charge in [-0.1, -0.05) is 47.5 Å². The Bertz CT molecular complexity index is 889. The van der Waals surface area contributed by atoms with Crippen LogP contribution in [0.1, 0.15) is 26.5 Å². The maximum atomic E-state index is 12.3. The normalized spacial score (nSPS) is 10.6. The molecule has 0 aliphatic carbocycles. The third kappa shape index (κ3) is 3.66. The third-order valence-electron chi connectivity index (χ3n) is 3.69. The van der Waals surface area contributed by atoms with Crippen molar-refractivity contribution in [1.82, 2.24) is 10.3 Å². The Morgan fingerprint density at radius 3 is 2.71 bits per heavy atom. The zero-order valence-electron chi connectivity index (χ0n) is 13.5. The maximum absolute atomic E-state index is 12.3. The minimum atomic E-state index is -0.0780. The first kappa shape index (κ1) is 16.7. The Labute approximate surface area is 150 Å². The van der Waals surface area contributed by atoms with Crippen molar-refractivity contribution in [2.45, 2.75) is 20.4 Å². The van der Waals surface area contributed by atoms with E-state index in [9.17, 15) is 4.79 Å². The van der Waals surface area contributed by atoms with E-state index in [1.165, 1.54) is 0 Å². The lowest BCUT2D eigenvalue weighted by Gasteiger charge is -2.05. The standard InChI is InChI=1S/C19H17ClN2OS/c1-12-6-5-7-14(10-12)18(23)21-11-17-13(2)22-19(24-17)15-8-3-4-9-16(15)20/h3-10H,11H2,1-2H3,(H,21,23). The van der Waals surface area contributed by atoms with Crippen molar-refractivity contribution in [3.05, 3.63) is 75.3 Å². The van der Waals surface area contributed by atoms with E-state index < -0.39 is 0 Å². The molecule has 5 heteroatoms. The highest BCUT2D eigenvalue weighted by molar-refractivity contribution is 7.15. The number of hydrogen-bond acceptors (Lipinski definition) is 3. The van der Waals surface area contributed by atoms with Gasteiger partial charge < -0.3 is 5.32 Å². The molecular weight excluding hydrogens is 340 g/mol. The number of thiazole rings is 1. The first-order valence-corrected chi connectivity index (χ1v) is 8.80. The van der Waals surface area contributed by atoms with Crippen molar-refractivity contribution in [3.8, 4) is 10.6 Å². The van der Waals surface area contributed by atoms with Crippen LogP contribution in [0.15, 0.2) is 48.5 Å². The Morgan fingerprint density at radius 2 is 1.96 bits per heavy atom. The summed E-state index contributed by atoms with van der Waals surface area (Å²) in [6.07, 6.45) is 0. The number of carbonyl (C=O) groups is 1. The molecule has 0 atom stereocenters. The van der Waals surface area contributed by atoms with Gasteiger partial charge in [-0.25, -0.2) is 4.98 Å². The predicted molar refractivity (Wildman–Crippen MR) is 99.6 cm³/mol. The molecule has 2 aromatic carbocycles. The van der Waals surface area contributed by atoms with Crippen LogP contribution in [0.5, 0.6) is 0 Å². The molecular formula is C19H17ClN2OS. The minimum absolute atomic E-state index is 0.0780. The number of nitrogens with zero attached hydrogens (tertiary/aromatic N) is 1. The Hall–Kier alpha value is -2.17. The van der Waals surface area contributed by atoms with Crippen LogP contribution in [-0.4, -0.2) is 10.9 Å². The molecule has 122 valence electrons. The third-order valence-corrected chi connectivity index (χ3v) is 5.21. The summed E-state index contributed by atoms with van der Waals surface area (Å²) in [6.45, 7) is 4.38. The average molecular weight is 357 g/mol. The Kier molecular flexibility index (Phi) is 4.97. The smallest absolute Gasteiger partial charge is 0.251 e. The lowest BCUT2D eigenvalue weighted by molar-refractivity contribution is 0.0951. The summed E-state index contributed by atoms with van der Waals surface area (Å²) >= 11 is 7.80. The van der Waals surface area contributed by atoms with E-state index in [1.807, 2.05) is 62.4 Å². The van der Waals surface area contributed by atoms with Crippen LogP contribution in [0, 0.1) is 13.8 Å². The molecule has 1 heterocycles. The highest BCUT2D eigenvalue weighted by Crippen LogP contribution is 2.32. The van der Waals surface area contributed by atoms with Gasteiger partial charge in [0.25, 0.3) is 5.91 Å². The van der Waals surface area contributed by atoms with Gasteiger partial charge in [0.05, 0.1) is 17.3 Å². The van der Waals surface area contributed by atoms with Crippen LogP contribution >= 0.6 is 22.9 Å². The van der Waals surface area contributed by atoms with E-state index in [1.54, 1.807) is 11.3 Å². The number of aryl methyl sites for hydroxylation is 2. The molecule has 3 nitrogen and oxygen atoms in total. The zero-order chi connectivity index (χ0) is 17.1. The van der Waals surface area contributed by atoms with Gasteiger partial charge in [0, 0.05) is 16.0 Å². The van der Waals surface area contributed by atoms with E-state index in [-0.39, 0.29) is 5.91 Å². The quantitative estimate of drug-likeness (QED) is 0.713. The fourth-order valence-electron chi connectivity index (χ4n) is 2.39. The summed E-state index contributed by atoms with van der Waals surface area (Å²) in [5.41, 5.74) is 3.57. The first-order chi connectivity index (χ1) is 11.5. The molecule has 0 aliphatic rings. The van der Waals surface area contributed by atoms with Crippen molar-refractivity contribution in [2.24, 2.45) is 0 Å². The second kappa shape index (κ2) is 7.16. The molecule has 0 unspecified atom stereocenters. The van der Waals surface area contributed by atoms with Crippen molar-refractivity contribution in [3.63, 3.8) is 0 Å². The summed E-state index contributed by atoms with van der Waals surface area (Å²) < 4.78 is 0. The molecule has 0 aliphatic heterocycles. The van der Waals surface area contributed by atoms with E-state index in [0.29, 0.717) is 17.1 Å². The number of benzene rings is 2. The first-order valence-electron chi connectivity index (χ1n) is 7.60. The number of rotatable bonds is 4. The molecule has 0 bridgehead atoms. The molecule has 1 aromatic heterocycles. The number of halogens is 1. The summed E-state index contributed by atoms with van der Waals surface area (Å²) in [5.74, 6) is -0.0780. The van der Waals surface area contributed by atoms with Gasteiger partial charge in [-0.15, -0.1) is 11.3 Å². The lowest BCUT2D eigenvalue weighted by atomic mass is 10.1. The van der Waals surface area contributed by atoms with Gasteiger partial charge in [-0.2, -0.15) is 0 Å². The van der Waals surface area contributed by atoms with Crippen LogP contribution in [0.4, 0.5) is 0 Å². The fraction of sp³-hybridized carbons (Fsp3) is 0.158. The molecule has 0 radical (unpaired) electrons. The van der Waals surface area contributed by atoms with Gasteiger partial charge in [0.2, 0.25) is 0 Å². The van der Waals surface area contributed by atoms with Gasteiger partial charge in [0.1, 0.15) is 5.01 Å². The Morgan fingerprint density at radius 1 is 1.17 bits per heavy atom. The summed E-state index contributed by atoms with van der Waals surface area (Å²) in [4.78, 5) is 17.9. The summed E-state index contributed by atoms with van der Waals surface area (Å²) in [5, 5.41) is 4.52. The second-order valence-electron chi connectivity index (χ2n) is 5.56. The molecule has 3 rings (SSSR count). The number of carbonyl (C=O) groups excluding carboxylic acids is 1. The molecule has 1 N–H and O–H groups in total. The monoisotopic (exact) mass is 356 g/mol. The lowest BCUT2D eigenvalue weighted by Crippen LogP contribution is -2.22. The van der Waals surface area contributed by atoms with E-state index in [2.05, 4.69) is 10.3 Å². The topological polar surface area (TPSA) is 42.0 Å². The van der Waals surface area contributed by atoms with Crippen molar-refractivity contribution in [2.75, 3.05) is 0 Å². The highest BCUT2D eigenvalue weighted by Gasteiger charge is 2.13. The van der Waals surface area contributed by atoms with Gasteiger partial charge >= 0.3 is 0 Å². The van der Waals surface area contributed by atoms with E-state index in [4.69, 9.17) is 11.6 Å².